The molecule has 1 aromatic carbocycles. The molecule has 0 amide bonds. The van der Waals surface area contributed by atoms with Gasteiger partial charge in [-0.3, -0.25) is 14.2 Å². The molecule has 0 fully saturated rings. The highest BCUT2D eigenvalue weighted by molar-refractivity contribution is 7.57. The van der Waals surface area contributed by atoms with Crippen LogP contribution in [-0.4, -0.2) is 37.2 Å². The van der Waals surface area contributed by atoms with Crippen molar-refractivity contribution in [1.82, 2.24) is 0 Å². The van der Waals surface area contributed by atoms with Crippen LogP contribution in [0.5, 0.6) is 5.75 Å². The van der Waals surface area contributed by atoms with Gasteiger partial charge in [0.05, 0.1) is 20.3 Å². The van der Waals surface area contributed by atoms with Crippen LogP contribution in [0.1, 0.15) is 51.7 Å². The number of hydrogen-bond acceptors (Lipinski definition) is 7. The Labute approximate surface area is 171 Å². The number of benzene rings is 1. The molecule has 0 aromatic heterocycles. The summed E-state index contributed by atoms with van der Waals surface area (Å²) in [6.07, 6.45) is -0.276. The van der Waals surface area contributed by atoms with E-state index in [0.717, 1.165) is 0 Å². The first-order valence-corrected chi connectivity index (χ1v) is 11.2. The van der Waals surface area contributed by atoms with Gasteiger partial charge in [-0.1, -0.05) is 19.1 Å². The fraction of sp³-hybridized carbons (Fsp3) is 0.579. The van der Waals surface area contributed by atoms with E-state index in [1.165, 1.54) is 7.11 Å². The van der Waals surface area contributed by atoms with Crippen molar-refractivity contribution < 1.29 is 32.7 Å². The molecule has 2 atom stereocenters. The zero-order valence-corrected chi connectivity index (χ0v) is 18.3. The van der Waals surface area contributed by atoms with Gasteiger partial charge in [0.25, 0.3) is 0 Å². The molecule has 2 unspecified atom stereocenters. The summed E-state index contributed by atoms with van der Waals surface area (Å²) in [5.41, 5.74) is 0.602. The van der Waals surface area contributed by atoms with Crippen molar-refractivity contribution in [3.8, 4) is 5.75 Å². The predicted octanol–water partition coefficient (Wildman–Crippen LogP) is 4.87. The average molecular weight is 435 g/mol. The van der Waals surface area contributed by atoms with E-state index in [1.807, 2.05) is 6.92 Å². The highest BCUT2D eigenvalue weighted by Crippen LogP contribution is 2.55. The van der Waals surface area contributed by atoms with Crippen LogP contribution in [-0.2, 0) is 27.9 Å². The molecule has 0 saturated carbocycles. The molecule has 0 spiro atoms. The van der Waals surface area contributed by atoms with Crippen LogP contribution in [0.4, 0.5) is 0 Å². The van der Waals surface area contributed by atoms with Crippen molar-refractivity contribution in [2.45, 2.75) is 51.3 Å². The second-order valence-corrected chi connectivity index (χ2v) is 8.74. The van der Waals surface area contributed by atoms with Crippen LogP contribution in [0, 0.1) is 0 Å². The Morgan fingerprint density at radius 2 is 1.64 bits per heavy atom. The Morgan fingerprint density at radius 3 is 2.11 bits per heavy atom. The summed E-state index contributed by atoms with van der Waals surface area (Å²) in [4.78, 5) is 24.7. The standard InChI is InChI=1S/C19H28ClO7P/c1-5-8-18(22)27-17(14-9-11-15(24-4)12-10-14)13-16(21)19(20)28(23,25-6-2)26-7-3/h9-12,17,19H,5-8,13H2,1-4H3. The molecule has 0 bridgehead atoms. The number of Topliss-reactive ketones (excluding diaryl/α,β-unsaturated/α-hetero) is 1. The first kappa shape index (κ1) is 24.6. The molecule has 0 aliphatic rings. The van der Waals surface area contributed by atoms with Crippen LogP contribution in [0.25, 0.3) is 0 Å². The van der Waals surface area contributed by atoms with Gasteiger partial charge in [0.15, 0.2) is 10.9 Å². The summed E-state index contributed by atoms with van der Waals surface area (Å²) in [5.74, 6) is -0.391. The summed E-state index contributed by atoms with van der Waals surface area (Å²) < 4.78 is 33.6. The SMILES string of the molecule is CCCC(=O)OC(CC(=O)C(Cl)P(=O)(OCC)OCC)c1ccc(OC)cc1. The van der Waals surface area contributed by atoms with Crippen molar-refractivity contribution in [3.63, 3.8) is 0 Å². The minimum atomic E-state index is -3.82. The number of hydrogen-bond donors (Lipinski definition) is 0. The fourth-order valence-electron chi connectivity index (χ4n) is 2.45. The largest absolute Gasteiger partial charge is 0.497 e. The summed E-state index contributed by atoms with van der Waals surface area (Å²) in [7, 11) is -2.28. The molecule has 1 rings (SSSR count). The van der Waals surface area contributed by atoms with E-state index in [1.54, 1.807) is 38.1 Å². The highest BCUT2D eigenvalue weighted by Gasteiger charge is 2.40. The van der Waals surface area contributed by atoms with Gasteiger partial charge < -0.3 is 18.5 Å². The van der Waals surface area contributed by atoms with Gasteiger partial charge >= 0.3 is 13.6 Å². The minimum Gasteiger partial charge on any atom is -0.497 e. The van der Waals surface area contributed by atoms with E-state index in [2.05, 4.69) is 0 Å². The Kier molecular flexibility index (Phi) is 10.8. The molecule has 0 radical (unpaired) electrons. The smallest absolute Gasteiger partial charge is 0.355 e. The molecule has 0 aliphatic heterocycles. The van der Waals surface area contributed by atoms with Crippen LogP contribution in [0.15, 0.2) is 24.3 Å². The quantitative estimate of drug-likeness (QED) is 0.248. The number of ketones is 1. The molecular weight excluding hydrogens is 407 g/mol. The number of carbonyl (C=O) groups is 2. The number of esters is 1. The minimum absolute atomic E-state index is 0.0845. The Morgan fingerprint density at radius 1 is 1.07 bits per heavy atom. The third kappa shape index (κ3) is 7.21. The lowest BCUT2D eigenvalue weighted by Crippen LogP contribution is -2.22. The molecule has 0 aliphatic carbocycles. The fourth-order valence-corrected chi connectivity index (χ4v) is 4.39. The molecular formula is C19H28ClO7P. The number of carbonyl (C=O) groups excluding carboxylic acids is 2. The van der Waals surface area contributed by atoms with Gasteiger partial charge in [-0.15, -0.1) is 11.6 Å². The number of alkyl halides is 1. The van der Waals surface area contributed by atoms with E-state index in [0.29, 0.717) is 17.7 Å². The molecule has 9 heteroatoms. The summed E-state index contributed by atoms with van der Waals surface area (Å²) in [6.45, 7) is 5.28. The molecule has 0 N–H and O–H groups in total. The monoisotopic (exact) mass is 434 g/mol. The topological polar surface area (TPSA) is 88.1 Å². The molecule has 0 heterocycles. The van der Waals surface area contributed by atoms with Crippen LogP contribution < -0.4 is 4.74 Å². The number of rotatable bonds is 13. The lowest BCUT2D eigenvalue weighted by Gasteiger charge is -2.23. The summed E-state index contributed by atoms with van der Waals surface area (Å²) in [5, 5.41) is -1.49. The first-order chi connectivity index (χ1) is 13.3. The third-order valence-corrected chi connectivity index (χ3v) is 6.80. The first-order valence-electron chi connectivity index (χ1n) is 9.20. The average Bonchev–Trinajstić information content (AvgIpc) is 2.67. The molecule has 7 nitrogen and oxygen atoms in total. The number of halogens is 1. The normalized spacial score (nSPS) is 13.6. The Balaban J connectivity index is 3.04. The van der Waals surface area contributed by atoms with E-state index < -0.39 is 30.6 Å². The maximum atomic E-state index is 12.8. The van der Waals surface area contributed by atoms with Gasteiger partial charge in [0, 0.05) is 12.8 Å². The maximum absolute atomic E-state index is 12.8. The lowest BCUT2D eigenvalue weighted by molar-refractivity contribution is -0.150. The van der Waals surface area contributed by atoms with Gasteiger partial charge in [-0.05, 0) is 38.0 Å². The van der Waals surface area contributed by atoms with Gasteiger partial charge in [0.1, 0.15) is 11.9 Å². The highest BCUT2D eigenvalue weighted by atomic mass is 35.5. The second-order valence-electron chi connectivity index (χ2n) is 5.88. The molecule has 0 saturated heterocycles. The Bertz CT molecular complexity index is 667. The van der Waals surface area contributed by atoms with Crippen molar-refractivity contribution in [1.29, 1.82) is 0 Å². The van der Waals surface area contributed by atoms with Crippen molar-refractivity contribution in [3.05, 3.63) is 29.8 Å². The summed E-state index contributed by atoms with van der Waals surface area (Å²) >= 11 is 6.15. The summed E-state index contributed by atoms with van der Waals surface area (Å²) in [6, 6.07) is 6.79. The van der Waals surface area contributed by atoms with Gasteiger partial charge in [0.2, 0.25) is 0 Å². The van der Waals surface area contributed by atoms with Crippen molar-refractivity contribution in [2.75, 3.05) is 20.3 Å². The molecule has 1 aromatic rings. The second kappa shape index (κ2) is 12.2. The van der Waals surface area contributed by atoms with E-state index in [-0.39, 0.29) is 26.1 Å². The van der Waals surface area contributed by atoms with Gasteiger partial charge in [-0.2, -0.15) is 0 Å². The van der Waals surface area contributed by atoms with E-state index >= 15 is 0 Å². The lowest BCUT2D eigenvalue weighted by atomic mass is 10.0. The molecule has 158 valence electrons. The number of methoxy groups -OCH3 is 1. The van der Waals surface area contributed by atoms with E-state index in [4.69, 9.17) is 30.1 Å². The Hall–Kier alpha value is -1.40. The van der Waals surface area contributed by atoms with Crippen molar-refractivity contribution >= 4 is 30.9 Å². The zero-order valence-electron chi connectivity index (χ0n) is 16.7. The van der Waals surface area contributed by atoms with Crippen molar-refractivity contribution in [2.24, 2.45) is 0 Å². The van der Waals surface area contributed by atoms with Crippen LogP contribution >= 0.6 is 19.2 Å². The molecule has 28 heavy (non-hydrogen) atoms. The predicted molar refractivity (Wildman–Crippen MR) is 107 cm³/mol. The number of ether oxygens (including phenoxy) is 2. The maximum Gasteiger partial charge on any atom is 0.355 e. The van der Waals surface area contributed by atoms with E-state index in [9.17, 15) is 14.2 Å². The van der Waals surface area contributed by atoms with Crippen LogP contribution in [0.3, 0.4) is 0 Å². The van der Waals surface area contributed by atoms with Gasteiger partial charge in [-0.25, -0.2) is 0 Å². The third-order valence-electron chi connectivity index (χ3n) is 3.76. The zero-order chi connectivity index (χ0) is 21.2. The van der Waals surface area contributed by atoms with Crippen LogP contribution in [0.2, 0.25) is 0 Å².